The van der Waals surface area contributed by atoms with Crippen LogP contribution in [0.5, 0.6) is 0 Å². The number of nitrogens with one attached hydrogen (secondary N) is 1. The van der Waals surface area contributed by atoms with E-state index in [0.717, 1.165) is 26.1 Å². The minimum atomic E-state index is 0.623. The van der Waals surface area contributed by atoms with Crippen LogP contribution in [0.2, 0.25) is 0 Å². The molecule has 1 aromatic rings. The van der Waals surface area contributed by atoms with Gasteiger partial charge in [0, 0.05) is 6.54 Å². The molecule has 3 N–H and O–H groups in total. The van der Waals surface area contributed by atoms with Crippen molar-refractivity contribution in [3.05, 3.63) is 35.9 Å². The highest BCUT2D eigenvalue weighted by Gasteiger charge is 1.97. The molecule has 0 aromatic heterocycles. The molecule has 14 heavy (non-hydrogen) atoms. The lowest BCUT2D eigenvalue weighted by molar-refractivity contribution is 0.509. The highest BCUT2D eigenvalue weighted by atomic mass is 14.8. The summed E-state index contributed by atoms with van der Waals surface area (Å²) in [5, 5.41) is 3.41. The van der Waals surface area contributed by atoms with Crippen LogP contribution in [-0.2, 0) is 6.54 Å². The first-order valence-corrected chi connectivity index (χ1v) is 5.27. The summed E-state index contributed by atoms with van der Waals surface area (Å²) in [4.78, 5) is 0. The second-order valence-corrected chi connectivity index (χ2v) is 3.79. The molecule has 0 fully saturated rings. The van der Waals surface area contributed by atoms with E-state index >= 15 is 0 Å². The average Bonchev–Trinajstić information content (AvgIpc) is 2.25. The van der Waals surface area contributed by atoms with Gasteiger partial charge in [0.25, 0.3) is 0 Å². The molecule has 0 saturated carbocycles. The topological polar surface area (TPSA) is 38.0 Å². The van der Waals surface area contributed by atoms with Crippen LogP contribution in [0.25, 0.3) is 0 Å². The van der Waals surface area contributed by atoms with Gasteiger partial charge in [-0.1, -0.05) is 37.3 Å². The first-order valence-electron chi connectivity index (χ1n) is 5.27. The van der Waals surface area contributed by atoms with E-state index in [-0.39, 0.29) is 0 Å². The molecule has 0 aliphatic heterocycles. The molecule has 1 rings (SSSR count). The van der Waals surface area contributed by atoms with E-state index in [0.29, 0.717) is 5.92 Å². The Kier molecular flexibility index (Phi) is 5.27. The zero-order valence-corrected chi connectivity index (χ0v) is 8.87. The molecule has 2 nitrogen and oxygen atoms in total. The third-order valence-electron chi connectivity index (χ3n) is 2.39. The highest BCUT2D eigenvalue weighted by Crippen LogP contribution is 1.99. The summed E-state index contributed by atoms with van der Waals surface area (Å²) in [5.41, 5.74) is 6.88. The van der Waals surface area contributed by atoms with Crippen molar-refractivity contribution in [1.29, 1.82) is 0 Å². The van der Waals surface area contributed by atoms with E-state index in [2.05, 4.69) is 36.5 Å². The third-order valence-corrected chi connectivity index (χ3v) is 2.39. The largest absolute Gasteiger partial charge is 0.330 e. The van der Waals surface area contributed by atoms with Crippen molar-refractivity contribution in [2.24, 2.45) is 11.7 Å². The average molecular weight is 192 g/mol. The van der Waals surface area contributed by atoms with Gasteiger partial charge in [-0.15, -0.1) is 0 Å². The molecule has 0 heterocycles. The maximum absolute atomic E-state index is 5.54. The minimum Gasteiger partial charge on any atom is -0.330 e. The van der Waals surface area contributed by atoms with E-state index in [1.807, 2.05) is 6.07 Å². The quantitative estimate of drug-likeness (QED) is 0.674. The molecule has 0 amide bonds. The van der Waals surface area contributed by atoms with Gasteiger partial charge in [-0.25, -0.2) is 0 Å². The number of rotatable bonds is 6. The van der Waals surface area contributed by atoms with Crippen LogP contribution in [0.15, 0.2) is 30.3 Å². The molecule has 0 aliphatic carbocycles. The predicted octanol–water partition coefficient (Wildman–Crippen LogP) is 1.76. The molecule has 0 saturated heterocycles. The van der Waals surface area contributed by atoms with Crippen molar-refractivity contribution < 1.29 is 0 Å². The van der Waals surface area contributed by atoms with E-state index in [1.165, 1.54) is 5.56 Å². The lowest BCUT2D eigenvalue weighted by Gasteiger charge is -2.09. The van der Waals surface area contributed by atoms with Gasteiger partial charge in [0.2, 0.25) is 0 Å². The molecule has 1 unspecified atom stereocenters. The minimum absolute atomic E-state index is 0.623. The first-order chi connectivity index (χ1) is 6.83. The monoisotopic (exact) mass is 192 g/mol. The van der Waals surface area contributed by atoms with Crippen molar-refractivity contribution in [1.82, 2.24) is 5.32 Å². The summed E-state index contributed by atoms with van der Waals surface area (Å²) in [6, 6.07) is 10.5. The summed E-state index contributed by atoms with van der Waals surface area (Å²) < 4.78 is 0. The number of hydrogen-bond acceptors (Lipinski definition) is 2. The van der Waals surface area contributed by atoms with Crippen molar-refractivity contribution in [2.75, 3.05) is 13.1 Å². The Bertz CT molecular complexity index is 233. The fourth-order valence-corrected chi connectivity index (χ4v) is 1.29. The maximum atomic E-state index is 5.54. The fraction of sp³-hybridized carbons (Fsp3) is 0.500. The summed E-state index contributed by atoms with van der Waals surface area (Å²) in [7, 11) is 0. The molecular weight excluding hydrogens is 172 g/mol. The second kappa shape index (κ2) is 6.57. The van der Waals surface area contributed by atoms with Gasteiger partial charge in [0.15, 0.2) is 0 Å². The molecule has 2 heteroatoms. The Morgan fingerprint density at radius 1 is 1.29 bits per heavy atom. The predicted molar refractivity (Wildman–Crippen MR) is 61.0 cm³/mol. The lowest BCUT2D eigenvalue weighted by atomic mass is 10.1. The molecule has 0 bridgehead atoms. The molecule has 78 valence electrons. The Labute approximate surface area is 86.5 Å². The molecule has 0 radical (unpaired) electrons. The van der Waals surface area contributed by atoms with Crippen LogP contribution in [-0.4, -0.2) is 13.1 Å². The van der Waals surface area contributed by atoms with Crippen molar-refractivity contribution in [3.63, 3.8) is 0 Å². The maximum Gasteiger partial charge on any atom is 0.0205 e. The van der Waals surface area contributed by atoms with E-state index in [1.54, 1.807) is 0 Å². The normalized spacial score (nSPS) is 12.7. The van der Waals surface area contributed by atoms with Crippen molar-refractivity contribution >= 4 is 0 Å². The zero-order chi connectivity index (χ0) is 10.2. The van der Waals surface area contributed by atoms with E-state index in [9.17, 15) is 0 Å². The van der Waals surface area contributed by atoms with Crippen LogP contribution >= 0.6 is 0 Å². The summed E-state index contributed by atoms with van der Waals surface area (Å²) >= 11 is 0. The summed E-state index contributed by atoms with van der Waals surface area (Å²) in [6.45, 7) is 4.97. The van der Waals surface area contributed by atoms with Gasteiger partial charge >= 0.3 is 0 Å². The standard InChI is InChI=1S/C12H20N2/c1-11(9-13)7-8-14-10-12-5-3-2-4-6-12/h2-6,11,14H,7-10,13H2,1H3. The number of benzene rings is 1. The smallest absolute Gasteiger partial charge is 0.0205 e. The van der Waals surface area contributed by atoms with Gasteiger partial charge in [-0.05, 0) is 31.0 Å². The highest BCUT2D eigenvalue weighted by molar-refractivity contribution is 5.14. The van der Waals surface area contributed by atoms with Gasteiger partial charge in [-0.2, -0.15) is 0 Å². The van der Waals surface area contributed by atoms with Crippen LogP contribution < -0.4 is 11.1 Å². The van der Waals surface area contributed by atoms with Crippen molar-refractivity contribution in [2.45, 2.75) is 19.9 Å². The Morgan fingerprint density at radius 2 is 2.00 bits per heavy atom. The summed E-state index contributed by atoms with van der Waals surface area (Å²) in [5.74, 6) is 0.623. The first kappa shape index (κ1) is 11.2. The van der Waals surface area contributed by atoms with Crippen LogP contribution in [0, 0.1) is 5.92 Å². The van der Waals surface area contributed by atoms with Gasteiger partial charge in [-0.3, -0.25) is 0 Å². The van der Waals surface area contributed by atoms with Crippen LogP contribution in [0.4, 0.5) is 0 Å². The molecule has 1 aromatic carbocycles. The molecule has 1 atom stereocenters. The second-order valence-electron chi connectivity index (χ2n) is 3.79. The Balaban J connectivity index is 2.10. The molecule has 0 aliphatic rings. The van der Waals surface area contributed by atoms with Crippen LogP contribution in [0.3, 0.4) is 0 Å². The third kappa shape index (κ3) is 4.40. The van der Waals surface area contributed by atoms with E-state index < -0.39 is 0 Å². The summed E-state index contributed by atoms with van der Waals surface area (Å²) in [6.07, 6.45) is 1.16. The Morgan fingerprint density at radius 3 is 2.64 bits per heavy atom. The Hall–Kier alpha value is -0.860. The lowest BCUT2D eigenvalue weighted by Crippen LogP contribution is -2.20. The van der Waals surface area contributed by atoms with Crippen molar-refractivity contribution in [3.8, 4) is 0 Å². The van der Waals surface area contributed by atoms with Gasteiger partial charge in [0.1, 0.15) is 0 Å². The fourth-order valence-electron chi connectivity index (χ4n) is 1.29. The number of nitrogens with two attached hydrogens (primary N) is 1. The van der Waals surface area contributed by atoms with Crippen LogP contribution in [0.1, 0.15) is 18.9 Å². The van der Waals surface area contributed by atoms with E-state index in [4.69, 9.17) is 5.73 Å². The number of hydrogen-bond donors (Lipinski definition) is 2. The molecule has 0 spiro atoms. The van der Waals surface area contributed by atoms with Gasteiger partial charge < -0.3 is 11.1 Å². The van der Waals surface area contributed by atoms with Gasteiger partial charge in [0.05, 0.1) is 0 Å². The molecular formula is C12H20N2. The SMILES string of the molecule is CC(CN)CCNCc1ccccc1. The zero-order valence-electron chi connectivity index (χ0n) is 8.87.